The number of carbonyl (C=O) groups excluding carboxylic acids is 6. The van der Waals surface area contributed by atoms with Crippen LogP contribution >= 0.6 is 0 Å². The molecule has 452 valence electrons. The van der Waals surface area contributed by atoms with Gasteiger partial charge in [0.1, 0.15) is 12.2 Å². The zero-order valence-corrected chi connectivity index (χ0v) is 49.3. The largest absolute Gasteiger partial charge is 0.439 e. The molecule has 6 aromatic rings. The van der Waals surface area contributed by atoms with Crippen molar-refractivity contribution in [2.45, 2.75) is 143 Å². The molecule has 2 aliphatic carbocycles. The molecule has 0 spiro atoms. The van der Waals surface area contributed by atoms with E-state index in [9.17, 15) is 55.1 Å². The Balaban J connectivity index is 0.000000205. The van der Waals surface area contributed by atoms with Gasteiger partial charge in [-0.15, -0.1) is 0 Å². The van der Waals surface area contributed by atoms with Gasteiger partial charge in [-0.3, -0.25) is 19.2 Å². The van der Waals surface area contributed by atoms with Gasteiger partial charge in [0.05, 0.1) is 35.0 Å². The Morgan fingerprint density at radius 2 is 0.872 bits per heavy atom. The second-order valence-corrected chi connectivity index (χ2v) is 23.0. The lowest BCUT2D eigenvalue weighted by molar-refractivity contribution is -0.138. The van der Waals surface area contributed by atoms with Crippen LogP contribution < -0.4 is 0 Å². The minimum Gasteiger partial charge on any atom is -0.439 e. The van der Waals surface area contributed by atoms with Crippen LogP contribution in [-0.2, 0) is 54.1 Å². The maximum atomic E-state index is 14.2. The van der Waals surface area contributed by atoms with Gasteiger partial charge < -0.3 is 19.3 Å². The lowest BCUT2D eigenvalue weighted by atomic mass is 9.90. The Kier molecular flexibility index (Phi) is 18.4. The molecule has 12 nitrogen and oxygen atoms in total. The van der Waals surface area contributed by atoms with Crippen LogP contribution in [-0.4, -0.2) is 80.6 Å². The van der Waals surface area contributed by atoms with Gasteiger partial charge in [-0.25, -0.2) is 19.4 Å². The van der Waals surface area contributed by atoms with Crippen molar-refractivity contribution < 1.29 is 64.6 Å². The van der Waals surface area contributed by atoms with Crippen molar-refractivity contribution in [2.75, 3.05) is 13.1 Å². The fourth-order valence-corrected chi connectivity index (χ4v) is 11.4. The molecule has 0 aromatic heterocycles. The summed E-state index contributed by atoms with van der Waals surface area (Å²) in [5.74, 6) is -3.28. The minimum atomic E-state index is -4.67. The molecule has 2 heterocycles. The molecule has 6 aromatic carbocycles. The van der Waals surface area contributed by atoms with E-state index in [1.165, 1.54) is 13.8 Å². The van der Waals surface area contributed by atoms with Crippen LogP contribution in [0.3, 0.4) is 0 Å². The fraction of sp³-hybridized carbons (Fsp3) is 0.382. The molecule has 0 radical (unpaired) electrons. The number of imide groups is 2. The lowest BCUT2D eigenvalue weighted by Crippen LogP contribution is -2.40. The summed E-state index contributed by atoms with van der Waals surface area (Å²) in [6, 6.07) is 34.9. The van der Waals surface area contributed by atoms with Gasteiger partial charge in [-0.2, -0.15) is 26.3 Å². The van der Waals surface area contributed by atoms with Crippen LogP contribution in [0.5, 0.6) is 0 Å². The van der Waals surface area contributed by atoms with E-state index in [4.69, 9.17) is 9.47 Å². The maximum Gasteiger partial charge on any atom is 0.417 e. The summed E-state index contributed by atoms with van der Waals surface area (Å²) in [4.78, 5) is 84.3. The number of cyclic esters (lactones) is 2. The topological polar surface area (TPSA) is 134 Å². The van der Waals surface area contributed by atoms with Crippen LogP contribution in [0.2, 0.25) is 0 Å². The fourth-order valence-electron chi connectivity index (χ4n) is 11.4. The maximum absolute atomic E-state index is 14.2. The number of hydrogen-bond acceptors (Lipinski definition) is 8. The number of rotatable bonds is 16. The molecule has 2 saturated carbocycles. The van der Waals surface area contributed by atoms with E-state index in [1.54, 1.807) is 96.4 Å². The first-order chi connectivity index (χ1) is 40.8. The monoisotopic (exact) mass is 1180 g/mol. The molecule has 86 heavy (non-hydrogen) atoms. The molecular weight excluding hydrogens is 1110 g/mol. The Morgan fingerprint density at radius 3 is 1.19 bits per heavy atom. The van der Waals surface area contributed by atoms with E-state index in [0.29, 0.717) is 24.2 Å². The molecule has 0 bridgehead atoms. The van der Waals surface area contributed by atoms with Gasteiger partial charge in [-0.1, -0.05) is 120 Å². The van der Waals surface area contributed by atoms with Crippen LogP contribution in [0.4, 0.5) is 35.9 Å². The smallest absolute Gasteiger partial charge is 0.417 e. The minimum absolute atomic E-state index is 0.0152. The summed E-state index contributed by atoms with van der Waals surface area (Å²) in [5, 5.41) is 0. The number of aryl methyl sites for hydroxylation is 2. The number of ether oxygens (including phenoxy) is 2. The first kappa shape index (κ1) is 62.3. The first-order valence-electron chi connectivity index (χ1n) is 29.2. The number of hydrogen-bond donors (Lipinski definition) is 0. The molecule has 0 N–H and O–H groups in total. The van der Waals surface area contributed by atoms with Crippen molar-refractivity contribution in [2.24, 2.45) is 11.8 Å². The average molecular weight is 1190 g/mol. The predicted molar refractivity (Wildman–Crippen MR) is 312 cm³/mol. The Labute approximate surface area is 497 Å². The highest BCUT2D eigenvalue weighted by atomic mass is 19.4. The van der Waals surface area contributed by atoms with Gasteiger partial charge in [0.15, 0.2) is 0 Å². The average Bonchev–Trinajstić information content (AvgIpc) is 2.69. The molecule has 18 heteroatoms. The zero-order valence-electron chi connectivity index (χ0n) is 49.3. The molecule has 10 rings (SSSR count). The molecule has 4 fully saturated rings. The third kappa shape index (κ3) is 13.7. The van der Waals surface area contributed by atoms with Gasteiger partial charge in [0.2, 0.25) is 23.6 Å². The lowest BCUT2D eigenvalue weighted by Gasteiger charge is -2.25. The van der Waals surface area contributed by atoms with Crippen LogP contribution in [0, 0.1) is 25.7 Å². The van der Waals surface area contributed by atoms with E-state index >= 15 is 0 Å². The third-order valence-electron chi connectivity index (χ3n) is 16.7. The number of nitrogens with zero attached hydrogens (tertiary/aromatic N) is 4. The number of carbonyl (C=O) groups is 6. The first-order valence-corrected chi connectivity index (χ1v) is 29.2. The number of amides is 6. The molecule has 0 unspecified atom stereocenters. The Hall–Kier alpha value is -8.28. The summed E-state index contributed by atoms with van der Waals surface area (Å²) in [5.41, 5.74) is 4.87. The second kappa shape index (κ2) is 25.4. The molecule has 2 saturated heterocycles. The molecular formula is C68H70F6N4O8. The normalized spacial score (nSPS) is 19.2. The highest BCUT2D eigenvalue weighted by Gasteiger charge is 2.47. The van der Waals surface area contributed by atoms with Crippen molar-refractivity contribution in [3.8, 4) is 22.3 Å². The van der Waals surface area contributed by atoms with Crippen molar-refractivity contribution in [3.63, 3.8) is 0 Å². The van der Waals surface area contributed by atoms with Gasteiger partial charge in [0.25, 0.3) is 0 Å². The zero-order chi connectivity index (χ0) is 62.1. The number of halogens is 6. The summed E-state index contributed by atoms with van der Waals surface area (Å²) < 4.78 is 96.2. The van der Waals surface area contributed by atoms with Crippen molar-refractivity contribution in [3.05, 3.63) is 189 Å². The van der Waals surface area contributed by atoms with Crippen LogP contribution in [0.25, 0.3) is 22.3 Å². The van der Waals surface area contributed by atoms with Gasteiger partial charge >= 0.3 is 24.5 Å². The third-order valence-corrected chi connectivity index (χ3v) is 16.7. The molecule has 6 amide bonds. The quantitative estimate of drug-likeness (QED) is 0.0875. The van der Waals surface area contributed by atoms with Crippen molar-refractivity contribution in [1.82, 2.24) is 19.6 Å². The van der Waals surface area contributed by atoms with Crippen LogP contribution in [0.1, 0.15) is 147 Å². The van der Waals surface area contributed by atoms with E-state index in [-0.39, 0.29) is 59.0 Å². The highest BCUT2D eigenvalue weighted by molar-refractivity contribution is 5.98. The molecule has 6 atom stereocenters. The summed E-state index contributed by atoms with van der Waals surface area (Å²) in [6.07, 6.45) is -8.95. The van der Waals surface area contributed by atoms with E-state index in [0.717, 1.165) is 93.1 Å². The van der Waals surface area contributed by atoms with Gasteiger partial charge in [0, 0.05) is 38.0 Å². The Morgan fingerprint density at radius 1 is 0.523 bits per heavy atom. The summed E-state index contributed by atoms with van der Waals surface area (Å²) in [7, 11) is 0. The second-order valence-electron chi connectivity index (χ2n) is 23.0. The SMILES string of the molecule is CCN(Cc1cc(C)ccc1-c1cc([C@@H](C)C(=O)N2C(=O)O[C@@H](c3ccccc3)[C@H]2C)cc(C(F)(F)F)c1)C(=O)C1CC1.CCN(Cc1cc(C)ccc1-c1cc([C@H](C)C(=O)N2C(=O)O[C@@H](c3ccccc3)[C@H]2C)cc(C(F)(F)F)c1)C(=O)C1CC1. The van der Waals surface area contributed by atoms with Crippen LogP contribution in [0.15, 0.2) is 133 Å². The van der Waals surface area contributed by atoms with Crippen molar-refractivity contribution >= 4 is 35.8 Å². The number of alkyl halides is 6. The summed E-state index contributed by atoms with van der Waals surface area (Å²) in [6.45, 7) is 15.4. The molecule has 2 aliphatic heterocycles. The van der Waals surface area contributed by atoms with E-state index < -0.39 is 83.6 Å². The predicted octanol–water partition coefficient (Wildman–Crippen LogP) is 15.3. The van der Waals surface area contributed by atoms with E-state index in [2.05, 4.69) is 0 Å². The highest BCUT2D eigenvalue weighted by Crippen LogP contribution is 2.43. The standard InChI is InChI=1S/2C34H35F3N2O4/c2*1-5-38(32(41)24-12-13-24)19-27-15-20(2)11-14-29(27)26-16-25(17-28(18-26)34(35,36)37)21(3)31(40)39-22(4)30(43-33(39)42)23-9-7-6-8-10-23/h2*6-11,14-18,21-22,24,30H,5,12-13,19H2,1-4H3/t21-,22+,30+;21-,22-,30-/m01/s1. The summed E-state index contributed by atoms with van der Waals surface area (Å²) >= 11 is 0. The Bertz CT molecular complexity index is 3300. The van der Waals surface area contributed by atoms with E-state index in [1.807, 2.05) is 64.1 Å². The van der Waals surface area contributed by atoms with Gasteiger partial charge in [-0.05, 0) is 161 Å². The number of benzene rings is 6. The molecule has 4 aliphatic rings. The van der Waals surface area contributed by atoms with Crippen molar-refractivity contribution in [1.29, 1.82) is 0 Å².